The fourth-order valence-electron chi connectivity index (χ4n) is 1.78. The predicted molar refractivity (Wildman–Crippen MR) is 59.5 cm³/mol. The van der Waals surface area contributed by atoms with E-state index in [4.69, 9.17) is 9.15 Å². The summed E-state index contributed by atoms with van der Waals surface area (Å²) in [7, 11) is 0. The van der Waals surface area contributed by atoms with Gasteiger partial charge in [-0.25, -0.2) is 0 Å². The number of aryl methyl sites for hydroxylation is 2. The van der Waals surface area contributed by atoms with E-state index in [-0.39, 0.29) is 12.0 Å². The first kappa shape index (κ1) is 11.2. The molecule has 0 aliphatic carbocycles. The zero-order valence-corrected chi connectivity index (χ0v) is 9.71. The third-order valence-corrected chi connectivity index (χ3v) is 2.90. The van der Waals surface area contributed by atoms with Crippen molar-refractivity contribution < 1.29 is 13.9 Å². The molecule has 16 heavy (non-hydrogen) atoms. The van der Waals surface area contributed by atoms with Crippen LogP contribution in [0.1, 0.15) is 34.7 Å². The average Bonchev–Trinajstić information content (AvgIpc) is 2.86. The van der Waals surface area contributed by atoms with Gasteiger partial charge in [0, 0.05) is 13.2 Å². The van der Waals surface area contributed by atoms with Crippen molar-refractivity contribution in [3.63, 3.8) is 0 Å². The molecule has 4 heteroatoms. The van der Waals surface area contributed by atoms with Crippen LogP contribution in [0.25, 0.3) is 0 Å². The van der Waals surface area contributed by atoms with Crippen LogP contribution in [0.4, 0.5) is 0 Å². The molecule has 1 aliphatic rings. The van der Waals surface area contributed by atoms with E-state index in [9.17, 15) is 4.79 Å². The number of carbonyl (C=O) groups is 1. The highest BCUT2D eigenvalue weighted by Crippen LogP contribution is 2.14. The van der Waals surface area contributed by atoms with Crippen molar-refractivity contribution in [3.05, 3.63) is 23.2 Å². The summed E-state index contributed by atoms with van der Waals surface area (Å²) in [5.41, 5.74) is 1.00. The molecule has 1 unspecified atom stereocenters. The Bertz CT molecular complexity index is 358. The summed E-state index contributed by atoms with van der Waals surface area (Å²) < 4.78 is 10.8. The maximum absolute atomic E-state index is 11.7. The molecule has 0 saturated carbocycles. The quantitative estimate of drug-likeness (QED) is 0.850. The van der Waals surface area contributed by atoms with Crippen molar-refractivity contribution in [3.8, 4) is 0 Å². The van der Waals surface area contributed by atoms with Gasteiger partial charge in [-0.1, -0.05) is 0 Å². The van der Waals surface area contributed by atoms with Crippen molar-refractivity contribution in [2.24, 2.45) is 0 Å². The van der Waals surface area contributed by atoms with E-state index in [0.29, 0.717) is 12.3 Å². The minimum absolute atomic E-state index is 0.160. The molecule has 2 rings (SSSR count). The van der Waals surface area contributed by atoms with Crippen molar-refractivity contribution in [2.45, 2.75) is 32.8 Å². The zero-order valence-electron chi connectivity index (χ0n) is 9.71. The van der Waals surface area contributed by atoms with E-state index in [1.807, 2.05) is 13.8 Å². The number of hydrogen-bond donors (Lipinski definition) is 1. The summed E-state index contributed by atoms with van der Waals surface area (Å²) in [6.45, 7) is 5.15. The molecule has 1 aromatic rings. The Balaban J connectivity index is 1.87. The highest BCUT2D eigenvalue weighted by molar-refractivity contribution is 5.91. The van der Waals surface area contributed by atoms with Crippen LogP contribution in [-0.2, 0) is 4.74 Å². The summed E-state index contributed by atoms with van der Waals surface area (Å²) in [6.07, 6.45) is 2.27. The van der Waals surface area contributed by atoms with Crippen LogP contribution in [-0.4, -0.2) is 25.2 Å². The second-order valence-corrected chi connectivity index (χ2v) is 4.19. The molecule has 1 N–H and O–H groups in total. The maximum atomic E-state index is 11.7. The summed E-state index contributed by atoms with van der Waals surface area (Å²) in [5.74, 6) is 1.02. The lowest BCUT2D eigenvalue weighted by molar-refractivity contribution is 0.0834. The molecule has 1 saturated heterocycles. The molecule has 0 bridgehead atoms. The Kier molecular flexibility index (Phi) is 3.29. The average molecular weight is 223 g/mol. The van der Waals surface area contributed by atoms with Gasteiger partial charge in [0.05, 0.1) is 6.10 Å². The molecule has 2 heterocycles. The molecule has 1 aliphatic heterocycles. The van der Waals surface area contributed by atoms with Gasteiger partial charge >= 0.3 is 0 Å². The van der Waals surface area contributed by atoms with E-state index in [0.717, 1.165) is 30.8 Å². The first-order valence-corrected chi connectivity index (χ1v) is 5.63. The number of ether oxygens (including phenoxy) is 1. The fraction of sp³-hybridized carbons (Fsp3) is 0.583. The van der Waals surface area contributed by atoms with Crippen LogP contribution >= 0.6 is 0 Å². The standard InChI is InChI=1S/C12H17NO3/c1-8-6-11(16-9(8)2)12(14)13-7-10-4-3-5-15-10/h6,10H,3-5,7H2,1-2H3,(H,13,14). The van der Waals surface area contributed by atoms with Gasteiger partial charge in [-0.2, -0.15) is 0 Å². The minimum Gasteiger partial charge on any atom is -0.456 e. The summed E-state index contributed by atoms with van der Waals surface area (Å²) in [5, 5.41) is 2.82. The summed E-state index contributed by atoms with van der Waals surface area (Å²) >= 11 is 0. The molecular formula is C12H17NO3. The lowest BCUT2D eigenvalue weighted by Gasteiger charge is -2.09. The summed E-state index contributed by atoms with van der Waals surface area (Å²) in [4.78, 5) is 11.7. The van der Waals surface area contributed by atoms with Crippen molar-refractivity contribution in [2.75, 3.05) is 13.2 Å². The largest absolute Gasteiger partial charge is 0.456 e. The molecule has 0 aromatic carbocycles. The zero-order chi connectivity index (χ0) is 11.5. The van der Waals surface area contributed by atoms with Gasteiger partial charge in [-0.05, 0) is 38.3 Å². The molecule has 88 valence electrons. The van der Waals surface area contributed by atoms with Crippen LogP contribution in [0.5, 0.6) is 0 Å². The minimum atomic E-state index is -0.160. The number of hydrogen-bond acceptors (Lipinski definition) is 3. The van der Waals surface area contributed by atoms with Gasteiger partial charge in [-0.15, -0.1) is 0 Å². The van der Waals surface area contributed by atoms with Gasteiger partial charge in [-0.3, -0.25) is 4.79 Å². The Morgan fingerprint density at radius 3 is 2.94 bits per heavy atom. The summed E-state index contributed by atoms with van der Waals surface area (Å²) in [6, 6.07) is 1.76. The second kappa shape index (κ2) is 4.70. The first-order chi connectivity index (χ1) is 7.66. The molecule has 1 aromatic heterocycles. The number of furan rings is 1. The number of rotatable bonds is 3. The van der Waals surface area contributed by atoms with Crippen molar-refractivity contribution in [1.29, 1.82) is 0 Å². The van der Waals surface area contributed by atoms with Gasteiger partial charge in [0.15, 0.2) is 5.76 Å². The van der Waals surface area contributed by atoms with Crippen LogP contribution in [0.15, 0.2) is 10.5 Å². The lowest BCUT2D eigenvalue weighted by atomic mass is 10.2. The molecule has 0 radical (unpaired) electrons. The lowest BCUT2D eigenvalue weighted by Crippen LogP contribution is -2.31. The highest BCUT2D eigenvalue weighted by Gasteiger charge is 2.18. The SMILES string of the molecule is Cc1cc(C(=O)NCC2CCCO2)oc1C. The Hall–Kier alpha value is -1.29. The Morgan fingerprint density at radius 2 is 2.38 bits per heavy atom. The van der Waals surface area contributed by atoms with E-state index in [2.05, 4.69) is 5.32 Å². The maximum Gasteiger partial charge on any atom is 0.287 e. The topological polar surface area (TPSA) is 51.5 Å². The monoisotopic (exact) mass is 223 g/mol. The third kappa shape index (κ3) is 2.44. The van der Waals surface area contributed by atoms with Crippen LogP contribution in [0.3, 0.4) is 0 Å². The molecule has 1 fully saturated rings. The third-order valence-electron chi connectivity index (χ3n) is 2.90. The first-order valence-electron chi connectivity index (χ1n) is 5.63. The molecule has 1 amide bonds. The second-order valence-electron chi connectivity index (χ2n) is 4.19. The molecule has 1 atom stereocenters. The van der Waals surface area contributed by atoms with Gasteiger partial charge in [0.25, 0.3) is 5.91 Å². The van der Waals surface area contributed by atoms with Gasteiger partial charge < -0.3 is 14.5 Å². The van der Waals surface area contributed by atoms with E-state index < -0.39 is 0 Å². The van der Waals surface area contributed by atoms with E-state index >= 15 is 0 Å². The smallest absolute Gasteiger partial charge is 0.287 e. The van der Waals surface area contributed by atoms with Gasteiger partial charge in [0.2, 0.25) is 0 Å². The van der Waals surface area contributed by atoms with E-state index in [1.54, 1.807) is 6.07 Å². The van der Waals surface area contributed by atoms with Crippen LogP contribution in [0, 0.1) is 13.8 Å². The molecule has 4 nitrogen and oxygen atoms in total. The Morgan fingerprint density at radius 1 is 1.56 bits per heavy atom. The van der Waals surface area contributed by atoms with Crippen molar-refractivity contribution >= 4 is 5.91 Å². The fourth-order valence-corrected chi connectivity index (χ4v) is 1.78. The van der Waals surface area contributed by atoms with Crippen molar-refractivity contribution in [1.82, 2.24) is 5.32 Å². The van der Waals surface area contributed by atoms with Gasteiger partial charge in [0.1, 0.15) is 5.76 Å². The van der Waals surface area contributed by atoms with E-state index in [1.165, 1.54) is 0 Å². The highest BCUT2D eigenvalue weighted by atomic mass is 16.5. The molecule has 0 spiro atoms. The predicted octanol–water partition coefficient (Wildman–Crippen LogP) is 1.81. The van der Waals surface area contributed by atoms with Crippen LogP contribution in [0.2, 0.25) is 0 Å². The molecular weight excluding hydrogens is 206 g/mol. The number of amides is 1. The Labute approximate surface area is 95.0 Å². The number of nitrogens with one attached hydrogen (secondary N) is 1. The van der Waals surface area contributed by atoms with Crippen LogP contribution < -0.4 is 5.32 Å². The normalized spacial score (nSPS) is 20.0. The number of carbonyl (C=O) groups excluding carboxylic acids is 1.